The van der Waals surface area contributed by atoms with Crippen molar-refractivity contribution in [2.24, 2.45) is 0 Å². The van der Waals surface area contributed by atoms with E-state index in [1.54, 1.807) is 0 Å². The second kappa shape index (κ2) is 6.62. The summed E-state index contributed by atoms with van der Waals surface area (Å²) in [7, 11) is 1.89. The van der Waals surface area contributed by atoms with Gasteiger partial charge in [-0.25, -0.2) is 0 Å². The van der Waals surface area contributed by atoms with Gasteiger partial charge in [0.05, 0.1) is 5.54 Å². The Morgan fingerprint density at radius 2 is 1.74 bits per heavy atom. The Morgan fingerprint density at radius 1 is 1.17 bits per heavy atom. The lowest BCUT2D eigenvalue weighted by Crippen LogP contribution is -2.72. The fourth-order valence-electron chi connectivity index (χ4n) is 3.76. The highest BCUT2D eigenvalue weighted by Crippen LogP contribution is 2.39. The smallest absolute Gasteiger partial charge is 0.245 e. The molecule has 1 heterocycles. The Bertz CT molecular complexity index is 538. The van der Waals surface area contributed by atoms with Gasteiger partial charge in [0.2, 0.25) is 5.91 Å². The molecule has 1 unspecified atom stereocenters. The van der Waals surface area contributed by atoms with Crippen LogP contribution in [0.1, 0.15) is 59.1 Å². The molecular formula is C19H30N2O2. The molecule has 0 saturated carbocycles. The average Bonchev–Trinajstić information content (AvgIpc) is 2.54. The highest BCUT2D eigenvalue weighted by molar-refractivity contribution is 5.87. The number of benzene rings is 1. The van der Waals surface area contributed by atoms with Gasteiger partial charge in [-0.05, 0) is 39.2 Å². The lowest BCUT2D eigenvalue weighted by Gasteiger charge is -2.56. The van der Waals surface area contributed by atoms with Gasteiger partial charge in [-0.1, -0.05) is 44.2 Å². The number of carbonyl (C=O) groups is 1. The number of hydrogen-bond donors (Lipinski definition) is 0. The minimum absolute atomic E-state index is 0.0934. The monoisotopic (exact) mass is 318 g/mol. The number of nitrogens with zero attached hydrogens (tertiary/aromatic N) is 2. The minimum Gasteiger partial charge on any atom is -0.342 e. The molecule has 1 atom stereocenters. The van der Waals surface area contributed by atoms with Gasteiger partial charge in [0, 0.05) is 13.6 Å². The quantitative estimate of drug-likeness (QED) is 0.828. The molecule has 4 nitrogen and oxygen atoms in total. The molecule has 23 heavy (non-hydrogen) atoms. The predicted molar refractivity (Wildman–Crippen MR) is 92.8 cm³/mol. The zero-order valence-electron chi connectivity index (χ0n) is 15.3. The summed E-state index contributed by atoms with van der Waals surface area (Å²) < 4.78 is 0. The second-order valence-corrected chi connectivity index (χ2v) is 7.17. The van der Waals surface area contributed by atoms with Gasteiger partial charge in [0.25, 0.3) is 0 Å². The molecule has 0 aromatic heterocycles. The van der Waals surface area contributed by atoms with Crippen molar-refractivity contribution in [3.8, 4) is 0 Å². The van der Waals surface area contributed by atoms with Crippen LogP contribution in [-0.4, -0.2) is 40.5 Å². The number of hydroxylamine groups is 2. The maximum Gasteiger partial charge on any atom is 0.245 e. The fourth-order valence-corrected chi connectivity index (χ4v) is 3.76. The van der Waals surface area contributed by atoms with Crippen molar-refractivity contribution in [3.05, 3.63) is 35.9 Å². The van der Waals surface area contributed by atoms with Crippen molar-refractivity contribution in [1.82, 2.24) is 9.96 Å². The van der Waals surface area contributed by atoms with Gasteiger partial charge in [0.1, 0.15) is 11.6 Å². The van der Waals surface area contributed by atoms with E-state index in [-0.39, 0.29) is 17.6 Å². The van der Waals surface area contributed by atoms with Gasteiger partial charge in [-0.2, -0.15) is 5.06 Å². The summed E-state index contributed by atoms with van der Waals surface area (Å²) in [6, 6.07) is 10.2. The first-order valence-electron chi connectivity index (χ1n) is 8.56. The minimum atomic E-state index is -0.598. The predicted octanol–water partition coefficient (Wildman–Crippen LogP) is 3.79. The van der Waals surface area contributed by atoms with Crippen LogP contribution in [-0.2, 0) is 9.63 Å². The number of likely N-dealkylation sites (N-methyl/N-ethyl adjacent to an activating group) is 1. The molecule has 1 aliphatic rings. The molecule has 1 fully saturated rings. The normalized spacial score (nSPS) is 22.2. The molecule has 2 rings (SSSR count). The van der Waals surface area contributed by atoms with Crippen LogP contribution in [0.15, 0.2) is 30.3 Å². The molecule has 0 spiro atoms. The third-order valence-corrected chi connectivity index (χ3v) is 5.01. The summed E-state index contributed by atoms with van der Waals surface area (Å²) in [5, 5.41) is 1.99. The van der Waals surface area contributed by atoms with Crippen LogP contribution >= 0.6 is 0 Å². The maximum absolute atomic E-state index is 12.9. The van der Waals surface area contributed by atoms with Crippen molar-refractivity contribution >= 4 is 5.91 Å². The number of carbonyl (C=O) groups excluding carboxylic acids is 1. The summed E-state index contributed by atoms with van der Waals surface area (Å²) in [5.74, 6) is 0.155. The maximum atomic E-state index is 12.9. The summed E-state index contributed by atoms with van der Waals surface area (Å²) in [4.78, 5) is 21.2. The van der Waals surface area contributed by atoms with E-state index in [0.717, 1.165) is 18.4 Å². The Morgan fingerprint density at radius 3 is 2.26 bits per heavy atom. The Balaban J connectivity index is 2.36. The third kappa shape index (κ3) is 3.15. The first kappa shape index (κ1) is 18.0. The number of piperazine rings is 1. The molecule has 1 aliphatic heterocycles. The van der Waals surface area contributed by atoms with Gasteiger partial charge >= 0.3 is 0 Å². The fraction of sp³-hybridized carbons (Fsp3) is 0.632. The van der Waals surface area contributed by atoms with E-state index in [2.05, 4.69) is 39.8 Å². The number of amides is 1. The highest BCUT2D eigenvalue weighted by Gasteiger charge is 2.54. The Hall–Kier alpha value is -1.39. The van der Waals surface area contributed by atoms with Crippen LogP contribution in [0.4, 0.5) is 0 Å². The van der Waals surface area contributed by atoms with Crippen molar-refractivity contribution in [1.29, 1.82) is 0 Å². The SMILES string of the molecule is CCC1(CC)C(=O)N(C)CC(C)(C)N1OC(C)c1ccccc1. The first-order chi connectivity index (χ1) is 10.8. The van der Waals surface area contributed by atoms with Crippen LogP contribution in [0.2, 0.25) is 0 Å². The van der Waals surface area contributed by atoms with Gasteiger partial charge in [0.15, 0.2) is 0 Å². The van der Waals surface area contributed by atoms with Crippen LogP contribution < -0.4 is 0 Å². The third-order valence-electron chi connectivity index (χ3n) is 5.01. The van der Waals surface area contributed by atoms with Crippen molar-refractivity contribution in [2.75, 3.05) is 13.6 Å². The van der Waals surface area contributed by atoms with Crippen molar-refractivity contribution < 1.29 is 9.63 Å². The topological polar surface area (TPSA) is 32.8 Å². The summed E-state index contributed by atoms with van der Waals surface area (Å²) >= 11 is 0. The van der Waals surface area contributed by atoms with Crippen LogP contribution in [0, 0.1) is 0 Å². The molecule has 1 amide bonds. The molecule has 0 bridgehead atoms. The molecule has 1 aromatic carbocycles. The zero-order valence-corrected chi connectivity index (χ0v) is 15.3. The Kier molecular flexibility index (Phi) is 5.17. The van der Waals surface area contributed by atoms with Crippen LogP contribution in [0.25, 0.3) is 0 Å². The molecule has 128 valence electrons. The first-order valence-corrected chi connectivity index (χ1v) is 8.56. The van der Waals surface area contributed by atoms with E-state index >= 15 is 0 Å². The summed E-state index contributed by atoms with van der Waals surface area (Å²) in [6.07, 6.45) is 1.37. The average molecular weight is 318 g/mol. The van der Waals surface area contributed by atoms with E-state index in [1.165, 1.54) is 0 Å². The van der Waals surface area contributed by atoms with Gasteiger partial charge in [-0.15, -0.1) is 0 Å². The summed E-state index contributed by atoms with van der Waals surface area (Å²) in [5.41, 5.74) is 0.285. The van der Waals surface area contributed by atoms with E-state index in [1.807, 2.05) is 42.1 Å². The lowest BCUT2D eigenvalue weighted by atomic mass is 9.83. The number of hydrogen-bond acceptors (Lipinski definition) is 3. The Labute approximate surface area is 140 Å². The summed E-state index contributed by atoms with van der Waals surface area (Å²) in [6.45, 7) is 11.1. The second-order valence-electron chi connectivity index (χ2n) is 7.17. The zero-order chi connectivity index (χ0) is 17.3. The van der Waals surface area contributed by atoms with Crippen molar-refractivity contribution in [2.45, 2.75) is 64.6 Å². The molecule has 4 heteroatoms. The lowest BCUT2D eigenvalue weighted by molar-refractivity contribution is -0.307. The molecule has 0 N–H and O–H groups in total. The molecule has 0 radical (unpaired) electrons. The largest absolute Gasteiger partial charge is 0.342 e. The van der Waals surface area contributed by atoms with E-state index < -0.39 is 5.54 Å². The number of rotatable bonds is 5. The molecule has 0 aliphatic carbocycles. The molecule has 1 aromatic rings. The van der Waals surface area contributed by atoms with E-state index in [4.69, 9.17) is 4.84 Å². The van der Waals surface area contributed by atoms with Crippen LogP contribution in [0.5, 0.6) is 0 Å². The molecular weight excluding hydrogens is 288 g/mol. The van der Waals surface area contributed by atoms with Crippen molar-refractivity contribution in [3.63, 3.8) is 0 Å². The van der Waals surface area contributed by atoms with Gasteiger partial charge < -0.3 is 4.90 Å². The molecule has 1 saturated heterocycles. The highest BCUT2D eigenvalue weighted by atomic mass is 16.7. The van der Waals surface area contributed by atoms with Gasteiger partial charge in [-0.3, -0.25) is 9.63 Å². The van der Waals surface area contributed by atoms with E-state index in [9.17, 15) is 4.79 Å². The standard InChI is InChI=1S/C19H30N2O2/c1-7-19(8-2)17(22)20(6)14-18(4,5)21(19)23-15(3)16-12-10-9-11-13-16/h9-13,15H,7-8,14H2,1-6H3. The van der Waals surface area contributed by atoms with Crippen LogP contribution in [0.3, 0.4) is 0 Å². The van der Waals surface area contributed by atoms with E-state index in [0.29, 0.717) is 6.54 Å².